The minimum atomic E-state index is -4.76. The van der Waals surface area contributed by atoms with E-state index in [9.17, 15) is 45.4 Å². The summed E-state index contributed by atoms with van der Waals surface area (Å²) in [7, 11) is -9.28. The van der Waals surface area contributed by atoms with Gasteiger partial charge in [-0.1, -0.05) is 102 Å². The number of nitrogens with one attached hydrogen (secondary N) is 3. The van der Waals surface area contributed by atoms with Crippen molar-refractivity contribution >= 4 is 66.1 Å². The Morgan fingerprint density at radius 2 is 1.34 bits per heavy atom. The Morgan fingerprint density at radius 1 is 0.718 bits per heavy atom. The maximum Gasteiger partial charge on any atom is 0.336 e. The van der Waals surface area contributed by atoms with E-state index < -0.39 is 54.7 Å². The van der Waals surface area contributed by atoms with Crippen molar-refractivity contribution in [3.8, 4) is 23.3 Å². The molecule has 452 valence electrons. The van der Waals surface area contributed by atoms with Crippen LogP contribution in [0.25, 0.3) is 16.7 Å². The van der Waals surface area contributed by atoms with Gasteiger partial charge in [0.25, 0.3) is 16.0 Å². The number of rotatable bonds is 19. The summed E-state index contributed by atoms with van der Waals surface area (Å²) in [5.41, 5.74) is 4.11. The van der Waals surface area contributed by atoms with Crippen molar-refractivity contribution < 1.29 is 55.2 Å². The lowest BCUT2D eigenvalue weighted by Gasteiger charge is -2.34. The van der Waals surface area contributed by atoms with Gasteiger partial charge in [-0.2, -0.15) is 8.42 Å². The van der Waals surface area contributed by atoms with E-state index in [0.717, 1.165) is 22.4 Å². The maximum atomic E-state index is 13.7. The molecule has 0 atom stereocenters. The van der Waals surface area contributed by atoms with Gasteiger partial charge in [0, 0.05) is 77.2 Å². The molecule has 17 nitrogen and oxygen atoms in total. The highest BCUT2D eigenvalue weighted by atomic mass is 32.2. The monoisotopic (exact) mass is 1200 g/mol. The molecule has 0 aliphatic carbocycles. The van der Waals surface area contributed by atoms with Crippen LogP contribution in [0.15, 0.2) is 103 Å². The van der Waals surface area contributed by atoms with Crippen molar-refractivity contribution in [1.29, 1.82) is 0 Å². The number of aromatic carboxylic acids is 1. The summed E-state index contributed by atoms with van der Waals surface area (Å²) in [4.78, 5) is 50.6. The van der Waals surface area contributed by atoms with E-state index in [-0.39, 0.29) is 58.2 Å². The van der Waals surface area contributed by atoms with E-state index in [0.29, 0.717) is 64.3 Å². The first kappa shape index (κ1) is 65.1. The van der Waals surface area contributed by atoms with Crippen LogP contribution < -0.4 is 35.8 Å². The van der Waals surface area contributed by atoms with Gasteiger partial charge in [0.2, 0.25) is 11.3 Å². The van der Waals surface area contributed by atoms with Crippen LogP contribution >= 0.6 is 0 Å². The van der Waals surface area contributed by atoms with E-state index in [2.05, 4.69) is 78.8 Å². The Kier molecular flexibility index (Phi) is 21.2. The van der Waals surface area contributed by atoms with Gasteiger partial charge in [-0.3, -0.25) is 14.1 Å². The van der Waals surface area contributed by atoms with Crippen LogP contribution in [0.2, 0.25) is 0 Å². The first-order chi connectivity index (χ1) is 40.2. The molecule has 9 rings (SSSR count). The molecule has 0 saturated carbocycles. The summed E-state index contributed by atoms with van der Waals surface area (Å²) in [5, 5.41) is 17.9. The lowest BCUT2D eigenvalue weighted by molar-refractivity contribution is -0.568. The van der Waals surface area contributed by atoms with Crippen LogP contribution in [0.3, 0.4) is 0 Å². The smallest absolute Gasteiger partial charge is 0.336 e. The molecular formula is C66H80N6O11S2. The van der Waals surface area contributed by atoms with E-state index >= 15 is 0 Å². The molecule has 4 heterocycles. The predicted octanol–water partition coefficient (Wildman–Crippen LogP) is 7.57. The van der Waals surface area contributed by atoms with Gasteiger partial charge in [-0.15, -0.1) is 0 Å². The number of para-hydroxylation sites is 1. The van der Waals surface area contributed by atoms with Crippen molar-refractivity contribution in [3.63, 3.8) is 0 Å². The van der Waals surface area contributed by atoms with Crippen LogP contribution in [0.4, 0.5) is 11.4 Å². The van der Waals surface area contributed by atoms with E-state index in [1.807, 2.05) is 76.2 Å². The topological polar surface area (TPSA) is 240 Å². The highest BCUT2D eigenvalue weighted by Crippen LogP contribution is 2.45. The second-order valence-electron chi connectivity index (χ2n) is 22.5. The summed E-state index contributed by atoms with van der Waals surface area (Å²) in [5.74, 6) is 3.49. The van der Waals surface area contributed by atoms with Gasteiger partial charge in [0.15, 0.2) is 5.54 Å². The number of hydrogen-bond donors (Lipinski definition) is 5. The number of carbonyl (C=O) groups excluding carboxylic acids is 2. The number of carbonyl (C=O) groups is 3. The molecule has 4 aliphatic heterocycles. The van der Waals surface area contributed by atoms with Gasteiger partial charge in [-0.25, -0.2) is 18.2 Å². The minimum Gasteiger partial charge on any atom is -0.748 e. The molecule has 19 heteroatoms. The third kappa shape index (κ3) is 16.7. The lowest BCUT2D eigenvalue weighted by Crippen LogP contribution is -2.89. The number of hydrogen-bond acceptors (Lipinski definition) is 12. The largest absolute Gasteiger partial charge is 0.748 e. The van der Waals surface area contributed by atoms with Gasteiger partial charge in [0.1, 0.15) is 17.3 Å². The molecule has 0 spiro atoms. The van der Waals surface area contributed by atoms with Gasteiger partial charge < -0.3 is 39.7 Å². The Balaban J connectivity index is 0.000000659. The zero-order valence-corrected chi connectivity index (χ0v) is 52.1. The van der Waals surface area contributed by atoms with Crippen LogP contribution in [0.1, 0.15) is 155 Å². The summed E-state index contributed by atoms with van der Waals surface area (Å²) >= 11 is 0. The van der Waals surface area contributed by atoms with Crippen molar-refractivity contribution in [2.24, 2.45) is 0 Å². The Hall–Kier alpha value is -7.44. The van der Waals surface area contributed by atoms with E-state index in [1.165, 1.54) is 57.5 Å². The summed E-state index contributed by atoms with van der Waals surface area (Å²) in [6.07, 6.45) is 5.34. The number of ether oxygens (including phenoxy) is 1. The summed E-state index contributed by atoms with van der Waals surface area (Å²) in [6, 6.07) is 26.2. The van der Waals surface area contributed by atoms with Crippen molar-refractivity contribution in [2.75, 3.05) is 67.5 Å². The zero-order chi connectivity index (χ0) is 62.0. The highest BCUT2D eigenvalue weighted by molar-refractivity contribution is 7.86. The average Bonchev–Trinajstić information content (AvgIpc) is 1.08. The average molecular weight is 1200 g/mol. The molecule has 5 aromatic carbocycles. The fraction of sp³-hybridized carbons (Fsp3) is 0.394. The number of amides is 2. The fourth-order valence-electron chi connectivity index (χ4n) is 11.1. The van der Waals surface area contributed by atoms with Crippen molar-refractivity contribution in [1.82, 2.24) is 15.1 Å². The van der Waals surface area contributed by atoms with Crippen LogP contribution in [-0.4, -0.2) is 127 Å². The molecule has 0 radical (unpaired) electrons. The fourth-order valence-corrected chi connectivity index (χ4v) is 12.3. The third-order valence-corrected chi connectivity index (χ3v) is 16.7. The molecule has 0 fully saturated rings. The van der Waals surface area contributed by atoms with Crippen molar-refractivity contribution in [3.05, 3.63) is 164 Å². The van der Waals surface area contributed by atoms with E-state index in [1.54, 1.807) is 41.3 Å². The van der Waals surface area contributed by atoms with Crippen LogP contribution in [0, 0.1) is 11.8 Å². The molecule has 2 amide bonds. The van der Waals surface area contributed by atoms with Crippen LogP contribution in [0.5, 0.6) is 11.5 Å². The molecule has 0 aromatic heterocycles. The first-order valence-corrected chi connectivity index (χ1v) is 32.3. The normalized spacial score (nSPS) is 14.9. The first-order valence-electron chi connectivity index (χ1n) is 29.1. The Labute approximate surface area is 501 Å². The number of carboxylic acid groups (broad SMARTS) is 1. The number of carboxylic acids is 1. The quantitative estimate of drug-likeness (QED) is 0.0299. The standard InChI is InChI=1S/C54H50N4O11S2.2C6H15N/c1-53(2)27-36(30-70(63,64)65)39-23-42-47(25-44(39)56-53)69-48-26-45-40(37(31-71(66,67)68)28-54(3,4)57-45)24-43(48)50(42)38-20-19-34(22-41(38)52(61)62)51(60)55-21-11-5-6-16-49(59)58-29-35-14-8-7-12-32(35)17-18-33-13-9-10-15-46(33)58;2*1-4-7(5-2)6-3/h7-10,12-15,19-20,22-28,56H,5-6,11,16,21,29-31H2,1-4H3,(H,55,60)(H,61,62)(H,63,64,65)(H,66,67,68);2*4-6H2,1-3H3. The number of anilines is 2. The molecule has 5 aromatic rings. The molecule has 0 unspecified atom stereocenters. The summed E-state index contributed by atoms with van der Waals surface area (Å²) < 4.78 is 77.9. The molecule has 85 heavy (non-hydrogen) atoms. The summed E-state index contributed by atoms with van der Waals surface area (Å²) in [6.45, 7) is 28.2. The molecule has 5 N–H and O–H groups in total. The second-order valence-corrected chi connectivity index (χ2v) is 25.4. The second kappa shape index (κ2) is 27.7. The van der Waals surface area contributed by atoms with Gasteiger partial charge in [0.05, 0.1) is 50.8 Å². The number of unbranched alkanes of at least 4 members (excludes halogenated alkanes) is 2. The molecular weight excluding hydrogens is 1120 g/mol. The number of nitrogens with zero attached hydrogens (tertiary/aromatic N) is 3. The molecule has 4 aliphatic rings. The zero-order valence-electron chi connectivity index (χ0n) is 50.4. The Bertz CT molecular complexity index is 3830. The Morgan fingerprint density at radius 3 is 1.96 bits per heavy atom. The van der Waals surface area contributed by atoms with Crippen LogP contribution in [-0.2, 0) is 31.6 Å². The van der Waals surface area contributed by atoms with Gasteiger partial charge >= 0.3 is 5.97 Å². The molecule has 0 saturated heterocycles. The van der Waals surface area contributed by atoms with E-state index in [4.69, 9.17) is 4.74 Å². The lowest BCUT2D eigenvalue weighted by atomic mass is 9.84. The maximum absolute atomic E-state index is 13.7. The highest BCUT2D eigenvalue weighted by Gasteiger charge is 2.34. The van der Waals surface area contributed by atoms with Crippen molar-refractivity contribution in [2.45, 2.75) is 113 Å². The third-order valence-electron chi connectivity index (χ3n) is 15.3. The molecule has 0 bridgehead atoms. The predicted molar refractivity (Wildman–Crippen MR) is 334 cm³/mol. The van der Waals surface area contributed by atoms with Gasteiger partial charge in [-0.05, 0) is 137 Å². The SMILES string of the molecule is CC1(C)C=C(CS(=O)(=O)[O-])c2cc3c(cc2N1)Oc1cc2c(cc1=C3c1ccc(C(=O)NCCCCCC(=O)N3Cc4ccccc4C#Cc4ccccc43)cc1C(=O)O)C(CS(=O)(=O)O)=CC(C)(C)[NH+]=2.CCN(CC)CC.CCN(CC)CC. The number of fused-ring (bicyclic) bond motifs is 6. The number of benzene rings is 5. The minimum absolute atomic E-state index is 0.0442.